The van der Waals surface area contributed by atoms with Crippen LogP contribution in [0.25, 0.3) is 0 Å². The third-order valence-corrected chi connectivity index (χ3v) is 4.34. The number of carbonyl (C=O) groups excluding carboxylic acids is 3. The Morgan fingerprint density at radius 2 is 2.00 bits per heavy atom. The molecule has 1 aliphatic rings. The number of rotatable bonds is 4. The van der Waals surface area contributed by atoms with Crippen LogP contribution in [0.15, 0.2) is 12.3 Å². The zero-order valence-electron chi connectivity index (χ0n) is 14.7. The maximum absolute atomic E-state index is 12.6. The molecule has 1 aliphatic heterocycles. The smallest absolute Gasteiger partial charge is 0.246 e. The number of likely N-dealkylation sites (N-methyl/N-ethyl adjacent to an activating group) is 1. The zero-order valence-corrected chi connectivity index (χ0v) is 14.7. The largest absolute Gasteiger partial charge is 0.347 e. The van der Waals surface area contributed by atoms with Crippen molar-refractivity contribution in [3.63, 3.8) is 0 Å². The third-order valence-electron chi connectivity index (χ3n) is 4.34. The summed E-state index contributed by atoms with van der Waals surface area (Å²) in [4.78, 5) is 41.4. The average molecular weight is 335 g/mol. The van der Waals surface area contributed by atoms with Gasteiger partial charge in [-0.25, -0.2) is 0 Å². The van der Waals surface area contributed by atoms with Crippen molar-refractivity contribution in [2.45, 2.75) is 32.9 Å². The van der Waals surface area contributed by atoms with Crippen molar-refractivity contribution in [2.75, 3.05) is 33.7 Å². The predicted octanol–water partition coefficient (Wildman–Crippen LogP) is -0.271. The number of amides is 3. The molecule has 1 aromatic rings. The van der Waals surface area contributed by atoms with Gasteiger partial charge < -0.3 is 14.7 Å². The average Bonchev–Trinajstić information content (AvgIpc) is 2.96. The van der Waals surface area contributed by atoms with Gasteiger partial charge in [0.25, 0.3) is 0 Å². The Balaban J connectivity index is 2.07. The van der Waals surface area contributed by atoms with Crippen LogP contribution in [-0.4, -0.2) is 82.0 Å². The fourth-order valence-electron chi connectivity index (χ4n) is 2.85. The molecule has 1 unspecified atom stereocenters. The first-order chi connectivity index (χ1) is 11.3. The van der Waals surface area contributed by atoms with Gasteiger partial charge in [-0.3, -0.25) is 19.1 Å². The maximum atomic E-state index is 12.6. The van der Waals surface area contributed by atoms with Gasteiger partial charge in [-0.2, -0.15) is 5.10 Å². The second-order valence-corrected chi connectivity index (χ2v) is 6.25. The number of carbonyl (C=O) groups is 3. The molecule has 0 spiro atoms. The molecule has 24 heavy (non-hydrogen) atoms. The van der Waals surface area contributed by atoms with Crippen molar-refractivity contribution in [1.82, 2.24) is 24.5 Å². The van der Waals surface area contributed by atoms with Gasteiger partial charge in [0.2, 0.25) is 17.7 Å². The highest BCUT2D eigenvalue weighted by Gasteiger charge is 2.36. The highest BCUT2D eigenvalue weighted by Crippen LogP contribution is 2.14. The minimum atomic E-state index is -0.621. The molecular formula is C16H25N5O3. The van der Waals surface area contributed by atoms with Crippen molar-refractivity contribution in [1.29, 1.82) is 0 Å². The van der Waals surface area contributed by atoms with E-state index in [2.05, 4.69) is 5.10 Å². The van der Waals surface area contributed by atoms with Gasteiger partial charge in [0.1, 0.15) is 6.04 Å². The molecule has 0 saturated carbocycles. The minimum absolute atomic E-state index is 0.0779. The normalized spacial score (nSPS) is 17.8. The third kappa shape index (κ3) is 3.93. The molecular weight excluding hydrogens is 310 g/mol. The van der Waals surface area contributed by atoms with Crippen LogP contribution in [0.2, 0.25) is 0 Å². The van der Waals surface area contributed by atoms with Crippen LogP contribution < -0.4 is 0 Å². The van der Waals surface area contributed by atoms with E-state index in [1.165, 1.54) is 11.8 Å². The molecule has 8 nitrogen and oxygen atoms in total. The van der Waals surface area contributed by atoms with Gasteiger partial charge in [-0.05, 0) is 13.0 Å². The van der Waals surface area contributed by atoms with Crippen LogP contribution in [-0.2, 0) is 20.9 Å². The Kier molecular flexibility index (Phi) is 5.58. The van der Waals surface area contributed by atoms with Gasteiger partial charge in [0.05, 0.1) is 6.54 Å². The summed E-state index contributed by atoms with van der Waals surface area (Å²) in [6.07, 6.45) is 1.98. The van der Waals surface area contributed by atoms with Crippen LogP contribution >= 0.6 is 0 Å². The highest BCUT2D eigenvalue weighted by atomic mass is 16.2. The first-order valence-electron chi connectivity index (χ1n) is 8.06. The monoisotopic (exact) mass is 335 g/mol. The standard InChI is InChI=1S/C16H25N5O3/c1-12-5-7-17-21(12)8-6-15(23)20-10-9-19(13(2)22)11-14(20)16(24)18(3)4/h5,7,14H,6,8-11H2,1-4H3. The van der Waals surface area contributed by atoms with E-state index in [0.29, 0.717) is 19.6 Å². The van der Waals surface area contributed by atoms with E-state index in [9.17, 15) is 14.4 Å². The molecule has 0 aromatic carbocycles. The number of aryl methyl sites for hydroxylation is 2. The molecule has 0 radical (unpaired) electrons. The lowest BCUT2D eigenvalue weighted by Crippen LogP contribution is -2.61. The Labute approximate surface area is 142 Å². The molecule has 3 amide bonds. The van der Waals surface area contributed by atoms with E-state index in [1.807, 2.05) is 13.0 Å². The second kappa shape index (κ2) is 7.46. The van der Waals surface area contributed by atoms with Gasteiger partial charge in [-0.1, -0.05) is 0 Å². The Morgan fingerprint density at radius 1 is 1.29 bits per heavy atom. The highest BCUT2D eigenvalue weighted by molar-refractivity contribution is 5.88. The Hall–Kier alpha value is -2.38. The summed E-state index contributed by atoms with van der Waals surface area (Å²) in [5.74, 6) is -0.330. The number of aromatic nitrogens is 2. The summed E-state index contributed by atoms with van der Waals surface area (Å²) in [7, 11) is 3.32. The van der Waals surface area contributed by atoms with Gasteiger partial charge in [0, 0.05) is 59.0 Å². The van der Waals surface area contributed by atoms with E-state index in [0.717, 1.165) is 5.69 Å². The first-order valence-corrected chi connectivity index (χ1v) is 8.06. The summed E-state index contributed by atoms with van der Waals surface area (Å²) in [6, 6.07) is 1.26. The van der Waals surface area contributed by atoms with Gasteiger partial charge in [-0.15, -0.1) is 0 Å². The van der Waals surface area contributed by atoms with Crippen LogP contribution in [0.5, 0.6) is 0 Å². The molecule has 132 valence electrons. The minimum Gasteiger partial charge on any atom is -0.347 e. The SMILES string of the molecule is CC(=O)N1CCN(C(=O)CCn2nccc2C)C(C(=O)N(C)C)C1. The lowest BCUT2D eigenvalue weighted by Gasteiger charge is -2.41. The molecule has 1 atom stereocenters. The number of piperazine rings is 1. The Bertz CT molecular complexity index is 625. The van der Waals surface area contributed by atoms with Crippen LogP contribution in [0.1, 0.15) is 19.0 Å². The molecule has 1 saturated heterocycles. The molecule has 1 aromatic heterocycles. The van der Waals surface area contributed by atoms with Gasteiger partial charge in [0.15, 0.2) is 0 Å². The molecule has 0 N–H and O–H groups in total. The maximum Gasteiger partial charge on any atom is 0.246 e. The molecule has 1 fully saturated rings. The molecule has 0 aliphatic carbocycles. The first kappa shape index (κ1) is 18.0. The predicted molar refractivity (Wildman–Crippen MR) is 88.0 cm³/mol. The van der Waals surface area contributed by atoms with E-state index < -0.39 is 6.04 Å². The van der Waals surface area contributed by atoms with Crippen molar-refractivity contribution in [3.05, 3.63) is 18.0 Å². The summed E-state index contributed by atoms with van der Waals surface area (Å²) >= 11 is 0. The van der Waals surface area contributed by atoms with E-state index >= 15 is 0 Å². The van der Waals surface area contributed by atoms with E-state index in [1.54, 1.807) is 34.8 Å². The number of hydrogen-bond donors (Lipinski definition) is 0. The zero-order chi connectivity index (χ0) is 17.9. The topological polar surface area (TPSA) is 78.8 Å². The fraction of sp³-hybridized carbons (Fsp3) is 0.625. The summed E-state index contributed by atoms with van der Waals surface area (Å²) < 4.78 is 1.77. The van der Waals surface area contributed by atoms with E-state index in [4.69, 9.17) is 0 Å². The van der Waals surface area contributed by atoms with Crippen LogP contribution in [0.4, 0.5) is 0 Å². The van der Waals surface area contributed by atoms with Crippen molar-refractivity contribution < 1.29 is 14.4 Å². The Morgan fingerprint density at radius 3 is 2.54 bits per heavy atom. The summed E-state index contributed by atoms with van der Waals surface area (Å²) in [5, 5.41) is 4.17. The molecule has 0 bridgehead atoms. The van der Waals surface area contributed by atoms with Crippen molar-refractivity contribution >= 4 is 17.7 Å². The van der Waals surface area contributed by atoms with Crippen molar-refractivity contribution in [3.8, 4) is 0 Å². The second-order valence-electron chi connectivity index (χ2n) is 6.25. The number of hydrogen-bond acceptors (Lipinski definition) is 4. The molecule has 2 heterocycles. The van der Waals surface area contributed by atoms with Crippen LogP contribution in [0, 0.1) is 6.92 Å². The van der Waals surface area contributed by atoms with E-state index in [-0.39, 0.29) is 30.7 Å². The quantitative estimate of drug-likeness (QED) is 0.759. The molecule has 2 rings (SSSR count). The lowest BCUT2D eigenvalue weighted by molar-refractivity contribution is -0.151. The number of nitrogens with zero attached hydrogens (tertiary/aromatic N) is 5. The molecule has 8 heteroatoms. The van der Waals surface area contributed by atoms with Crippen molar-refractivity contribution in [2.24, 2.45) is 0 Å². The fourth-order valence-corrected chi connectivity index (χ4v) is 2.85. The summed E-state index contributed by atoms with van der Waals surface area (Å²) in [6.45, 7) is 4.98. The van der Waals surface area contributed by atoms with Crippen LogP contribution in [0.3, 0.4) is 0 Å². The summed E-state index contributed by atoms with van der Waals surface area (Å²) in [5.41, 5.74) is 0.991. The van der Waals surface area contributed by atoms with Gasteiger partial charge >= 0.3 is 0 Å². The lowest BCUT2D eigenvalue weighted by atomic mass is 10.1.